The van der Waals surface area contributed by atoms with E-state index in [2.05, 4.69) is 10.3 Å². The smallest absolute Gasteiger partial charge is 0.226 e. The predicted molar refractivity (Wildman–Crippen MR) is 61.9 cm³/mol. The second-order valence-electron chi connectivity index (χ2n) is 3.67. The molecule has 1 aromatic rings. The summed E-state index contributed by atoms with van der Waals surface area (Å²) >= 11 is 1.56. The molecule has 0 saturated carbocycles. The van der Waals surface area contributed by atoms with Gasteiger partial charge in [0.15, 0.2) is 0 Å². The maximum absolute atomic E-state index is 11.4. The van der Waals surface area contributed by atoms with Crippen LogP contribution in [0.2, 0.25) is 0 Å². The Balaban J connectivity index is 2.46. The number of nitrogens with one attached hydrogen (secondary N) is 1. The molecule has 0 saturated heterocycles. The second kappa shape index (κ2) is 5.82. The second-order valence-corrected chi connectivity index (χ2v) is 4.61. The van der Waals surface area contributed by atoms with Gasteiger partial charge >= 0.3 is 0 Å². The van der Waals surface area contributed by atoms with E-state index in [-0.39, 0.29) is 11.9 Å². The van der Waals surface area contributed by atoms with E-state index in [1.54, 1.807) is 11.3 Å². The zero-order chi connectivity index (χ0) is 11.3. The number of hydrogen-bond donors (Lipinski definition) is 2. The molecule has 84 valence electrons. The lowest BCUT2D eigenvalue weighted by molar-refractivity contribution is -0.120. The van der Waals surface area contributed by atoms with Gasteiger partial charge in [-0.05, 0) is 20.4 Å². The van der Waals surface area contributed by atoms with E-state index < -0.39 is 0 Å². The van der Waals surface area contributed by atoms with Gasteiger partial charge in [-0.1, -0.05) is 0 Å². The zero-order valence-electron chi connectivity index (χ0n) is 9.12. The average Bonchev–Trinajstić information content (AvgIpc) is 2.51. The number of thiazole rings is 1. The molecular weight excluding hydrogens is 210 g/mol. The highest BCUT2D eigenvalue weighted by Gasteiger charge is 2.07. The van der Waals surface area contributed by atoms with E-state index in [0.29, 0.717) is 13.0 Å². The van der Waals surface area contributed by atoms with Gasteiger partial charge in [0.2, 0.25) is 5.91 Å². The number of nitrogens with zero attached hydrogens (tertiary/aromatic N) is 1. The first-order valence-corrected chi connectivity index (χ1v) is 5.92. The lowest BCUT2D eigenvalue weighted by atomic mass is 10.3. The van der Waals surface area contributed by atoms with Crippen molar-refractivity contribution >= 4 is 17.2 Å². The van der Waals surface area contributed by atoms with Crippen LogP contribution < -0.4 is 11.1 Å². The van der Waals surface area contributed by atoms with Crippen molar-refractivity contribution in [2.24, 2.45) is 5.73 Å². The van der Waals surface area contributed by atoms with Gasteiger partial charge in [-0.15, -0.1) is 11.3 Å². The lowest BCUT2D eigenvalue weighted by Crippen LogP contribution is -2.31. The summed E-state index contributed by atoms with van der Waals surface area (Å²) in [5.41, 5.74) is 6.26. The quantitative estimate of drug-likeness (QED) is 0.778. The fourth-order valence-electron chi connectivity index (χ4n) is 1.21. The Morgan fingerprint density at radius 3 is 3.00 bits per heavy atom. The number of hydrogen-bond acceptors (Lipinski definition) is 4. The van der Waals surface area contributed by atoms with E-state index in [0.717, 1.165) is 17.1 Å². The maximum atomic E-state index is 11.4. The van der Waals surface area contributed by atoms with Crippen LogP contribution in [0.3, 0.4) is 0 Å². The van der Waals surface area contributed by atoms with Gasteiger partial charge in [-0.3, -0.25) is 4.79 Å². The summed E-state index contributed by atoms with van der Waals surface area (Å²) in [5.74, 6) is 0.0228. The summed E-state index contributed by atoms with van der Waals surface area (Å²) in [7, 11) is 0. The van der Waals surface area contributed by atoms with Crippen molar-refractivity contribution in [2.75, 3.05) is 6.54 Å². The van der Waals surface area contributed by atoms with Crippen molar-refractivity contribution in [1.29, 1.82) is 0 Å². The summed E-state index contributed by atoms with van der Waals surface area (Å²) < 4.78 is 0. The normalized spacial score (nSPS) is 10.7. The minimum Gasteiger partial charge on any atom is -0.354 e. The van der Waals surface area contributed by atoms with Gasteiger partial charge in [0.1, 0.15) is 0 Å². The molecule has 1 heterocycles. The molecule has 15 heavy (non-hydrogen) atoms. The van der Waals surface area contributed by atoms with E-state index in [1.165, 1.54) is 0 Å². The van der Waals surface area contributed by atoms with Crippen LogP contribution in [0.5, 0.6) is 0 Å². The standard InChI is InChI=1S/C10H17N3OS/c1-7(2)12-9(14)5-8-6-15-10(13-8)3-4-11/h6-7H,3-5,11H2,1-2H3,(H,12,14). The van der Waals surface area contributed by atoms with Gasteiger partial charge in [0.25, 0.3) is 0 Å². The van der Waals surface area contributed by atoms with Crippen molar-refractivity contribution < 1.29 is 4.79 Å². The summed E-state index contributed by atoms with van der Waals surface area (Å²) in [4.78, 5) is 15.7. The Kier molecular flexibility index (Phi) is 4.71. The molecular formula is C10H17N3OS. The highest BCUT2D eigenvalue weighted by molar-refractivity contribution is 7.09. The van der Waals surface area contributed by atoms with E-state index in [4.69, 9.17) is 5.73 Å². The third-order valence-corrected chi connectivity index (χ3v) is 2.71. The van der Waals surface area contributed by atoms with Crippen LogP contribution in [-0.2, 0) is 17.6 Å². The molecule has 0 aliphatic rings. The first kappa shape index (κ1) is 12.1. The number of nitrogens with two attached hydrogens (primary N) is 1. The fraction of sp³-hybridized carbons (Fsp3) is 0.600. The molecule has 0 atom stereocenters. The van der Waals surface area contributed by atoms with Crippen molar-refractivity contribution in [2.45, 2.75) is 32.7 Å². The molecule has 0 bridgehead atoms. The molecule has 0 aromatic carbocycles. The Morgan fingerprint density at radius 1 is 1.67 bits per heavy atom. The van der Waals surface area contributed by atoms with Crippen molar-refractivity contribution in [3.8, 4) is 0 Å². The SMILES string of the molecule is CC(C)NC(=O)Cc1csc(CCN)n1. The lowest BCUT2D eigenvalue weighted by Gasteiger charge is -2.06. The minimum absolute atomic E-state index is 0.0228. The van der Waals surface area contributed by atoms with Crippen LogP contribution in [0.15, 0.2) is 5.38 Å². The van der Waals surface area contributed by atoms with Gasteiger partial charge in [-0.25, -0.2) is 4.98 Å². The molecule has 0 unspecified atom stereocenters. The Bertz CT molecular complexity index is 322. The number of aromatic nitrogens is 1. The number of carbonyl (C=O) groups is 1. The van der Waals surface area contributed by atoms with Gasteiger partial charge in [0, 0.05) is 17.8 Å². The monoisotopic (exact) mass is 227 g/mol. The van der Waals surface area contributed by atoms with Crippen LogP contribution in [0, 0.1) is 0 Å². The van der Waals surface area contributed by atoms with Crippen LogP contribution in [0.25, 0.3) is 0 Å². The predicted octanol–water partition coefficient (Wildman–Crippen LogP) is 0.711. The summed E-state index contributed by atoms with van der Waals surface area (Å²) in [6.07, 6.45) is 1.15. The summed E-state index contributed by atoms with van der Waals surface area (Å²) in [5, 5.41) is 5.76. The maximum Gasteiger partial charge on any atom is 0.226 e. The van der Waals surface area contributed by atoms with Gasteiger partial charge in [0.05, 0.1) is 17.1 Å². The highest BCUT2D eigenvalue weighted by atomic mass is 32.1. The molecule has 5 heteroatoms. The van der Waals surface area contributed by atoms with Gasteiger partial charge < -0.3 is 11.1 Å². The Labute approximate surface area is 93.9 Å². The van der Waals surface area contributed by atoms with E-state index in [1.807, 2.05) is 19.2 Å². The molecule has 4 nitrogen and oxygen atoms in total. The molecule has 0 radical (unpaired) electrons. The van der Waals surface area contributed by atoms with Crippen LogP contribution in [0.1, 0.15) is 24.5 Å². The molecule has 1 rings (SSSR count). The average molecular weight is 227 g/mol. The molecule has 0 aliphatic carbocycles. The topological polar surface area (TPSA) is 68.0 Å². The van der Waals surface area contributed by atoms with E-state index >= 15 is 0 Å². The molecule has 1 aromatic heterocycles. The first-order valence-electron chi connectivity index (χ1n) is 5.04. The molecule has 3 N–H and O–H groups in total. The third-order valence-electron chi connectivity index (χ3n) is 1.75. The van der Waals surface area contributed by atoms with Crippen molar-refractivity contribution in [1.82, 2.24) is 10.3 Å². The summed E-state index contributed by atoms with van der Waals surface area (Å²) in [6, 6.07) is 0.180. The van der Waals surface area contributed by atoms with Crippen LogP contribution in [0.4, 0.5) is 0 Å². The van der Waals surface area contributed by atoms with Crippen molar-refractivity contribution in [3.63, 3.8) is 0 Å². The Hall–Kier alpha value is -0.940. The third kappa shape index (κ3) is 4.40. The number of carbonyl (C=O) groups excluding carboxylic acids is 1. The number of rotatable bonds is 5. The molecule has 0 spiro atoms. The van der Waals surface area contributed by atoms with Gasteiger partial charge in [-0.2, -0.15) is 0 Å². The zero-order valence-corrected chi connectivity index (χ0v) is 9.93. The first-order chi connectivity index (χ1) is 7.11. The largest absolute Gasteiger partial charge is 0.354 e. The minimum atomic E-state index is 0.0228. The Morgan fingerprint density at radius 2 is 2.40 bits per heavy atom. The summed E-state index contributed by atoms with van der Waals surface area (Å²) in [6.45, 7) is 4.49. The number of amides is 1. The van der Waals surface area contributed by atoms with Crippen LogP contribution in [-0.4, -0.2) is 23.5 Å². The fourth-order valence-corrected chi connectivity index (χ4v) is 2.02. The highest BCUT2D eigenvalue weighted by Crippen LogP contribution is 2.10. The van der Waals surface area contributed by atoms with E-state index in [9.17, 15) is 4.79 Å². The molecule has 1 amide bonds. The molecule has 0 aliphatic heterocycles. The molecule has 0 fully saturated rings. The van der Waals surface area contributed by atoms with Crippen LogP contribution >= 0.6 is 11.3 Å². The van der Waals surface area contributed by atoms with Crippen molar-refractivity contribution in [3.05, 3.63) is 16.1 Å².